The Morgan fingerprint density at radius 2 is 2.43 bits per heavy atom. The number of rotatable bonds is 0. The molecule has 0 saturated carbocycles. The minimum absolute atomic E-state index is 0.322. The second-order valence-electron chi connectivity index (χ2n) is 2.23. The second kappa shape index (κ2) is 4.99. The molecule has 0 aliphatic rings. The molecule has 0 spiro atoms. The van der Waals surface area contributed by atoms with Crippen LogP contribution in [0.3, 0.4) is 0 Å². The van der Waals surface area contributed by atoms with Gasteiger partial charge in [0.15, 0.2) is 0 Å². The monoisotopic (exact) mass is 273 g/mol. The predicted octanol–water partition coefficient (Wildman–Crippen LogP) is 2.02. The van der Waals surface area contributed by atoms with E-state index in [9.17, 15) is 4.79 Å². The molecule has 1 heterocycles. The van der Waals surface area contributed by atoms with Crippen LogP contribution in [-0.2, 0) is 9.53 Å². The second-order valence-corrected chi connectivity index (χ2v) is 3.47. The standard InChI is InChI=1S/C9H5BrClNO2/c1-14-9(13)3-2-6-4-8(11)12-5-7(6)10/h4-5H,1H3. The SMILES string of the molecule is COC(=O)C#Cc1cc(Cl)ncc1Br. The van der Waals surface area contributed by atoms with E-state index in [1.165, 1.54) is 13.3 Å². The lowest BCUT2D eigenvalue weighted by molar-refractivity contribution is -0.133. The fraction of sp³-hybridized carbons (Fsp3) is 0.111. The van der Waals surface area contributed by atoms with E-state index in [1.54, 1.807) is 6.07 Å². The largest absolute Gasteiger partial charge is 0.459 e. The molecule has 0 fully saturated rings. The summed E-state index contributed by atoms with van der Waals surface area (Å²) in [5, 5.41) is 0.322. The summed E-state index contributed by atoms with van der Waals surface area (Å²) in [7, 11) is 1.27. The number of esters is 1. The zero-order valence-electron chi connectivity index (χ0n) is 7.17. The van der Waals surface area contributed by atoms with Crippen molar-refractivity contribution < 1.29 is 9.53 Å². The van der Waals surface area contributed by atoms with Crippen molar-refractivity contribution >= 4 is 33.5 Å². The van der Waals surface area contributed by atoms with Crippen molar-refractivity contribution in [3.05, 3.63) is 27.5 Å². The van der Waals surface area contributed by atoms with E-state index in [1.807, 2.05) is 0 Å². The van der Waals surface area contributed by atoms with E-state index in [-0.39, 0.29) is 0 Å². The third-order valence-corrected chi connectivity index (χ3v) is 2.15. The van der Waals surface area contributed by atoms with Gasteiger partial charge in [0, 0.05) is 17.7 Å². The number of carbonyl (C=O) groups excluding carboxylic acids is 1. The molecule has 1 aromatic heterocycles. The fourth-order valence-electron chi connectivity index (χ4n) is 0.678. The molecule has 0 unspecified atom stereocenters. The number of ether oxygens (including phenoxy) is 1. The Labute approximate surface area is 94.6 Å². The van der Waals surface area contributed by atoms with Gasteiger partial charge in [0.05, 0.1) is 11.6 Å². The Morgan fingerprint density at radius 1 is 1.71 bits per heavy atom. The van der Waals surface area contributed by atoms with Crippen LogP contribution in [0.1, 0.15) is 5.56 Å². The van der Waals surface area contributed by atoms with Crippen molar-refractivity contribution in [3.63, 3.8) is 0 Å². The molecule has 14 heavy (non-hydrogen) atoms. The zero-order valence-corrected chi connectivity index (χ0v) is 9.52. The van der Waals surface area contributed by atoms with Crippen LogP contribution in [0.15, 0.2) is 16.7 Å². The molecule has 0 aromatic carbocycles. The maximum atomic E-state index is 10.7. The van der Waals surface area contributed by atoms with Crippen LogP contribution >= 0.6 is 27.5 Å². The van der Waals surface area contributed by atoms with Gasteiger partial charge in [-0.2, -0.15) is 0 Å². The Balaban J connectivity index is 3.00. The van der Waals surface area contributed by atoms with Crippen LogP contribution < -0.4 is 0 Å². The molecule has 72 valence electrons. The quantitative estimate of drug-likeness (QED) is 0.413. The van der Waals surface area contributed by atoms with Gasteiger partial charge in [-0.15, -0.1) is 0 Å². The summed E-state index contributed by atoms with van der Waals surface area (Å²) in [6, 6.07) is 1.56. The average Bonchev–Trinajstić information content (AvgIpc) is 2.19. The number of halogens is 2. The molecule has 1 aromatic rings. The van der Waals surface area contributed by atoms with Crippen molar-refractivity contribution in [1.29, 1.82) is 0 Å². The maximum absolute atomic E-state index is 10.7. The van der Waals surface area contributed by atoms with Crippen LogP contribution in [0.4, 0.5) is 0 Å². The molecule has 0 saturated heterocycles. The first-order valence-corrected chi connectivity index (χ1v) is 4.71. The van der Waals surface area contributed by atoms with Gasteiger partial charge in [0.2, 0.25) is 0 Å². The van der Waals surface area contributed by atoms with Gasteiger partial charge in [-0.25, -0.2) is 9.78 Å². The Kier molecular flexibility index (Phi) is 3.93. The van der Waals surface area contributed by atoms with Gasteiger partial charge in [0.1, 0.15) is 5.15 Å². The van der Waals surface area contributed by atoms with Crippen LogP contribution in [-0.4, -0.2) is 18.1 Å². The van der Waals surface area contributed by atoms with E-state index in [0.29, 0.717) is 15.2 Å². The third-order valence-electron chi connectivity index (χ3n) is 1.31. The van der Waals surface area contributed by atoms with E-state index in [0.717, 1.165) is 0 Å². The highest BCUT2D eigenvalue weighted by atomic mass is 79.9. The summed E-state index contributed by atoms with van der Waals surface area (Å²) in [4.78, 5) is 14.5. The Hall–Kier alpha value is -1.05. The van der Waals surface area contributed by atoms with Crippen molar-refractivity contribution in [3.8, 4) is 11.8 Å². The maximum Gasteiger partial charge on any atom is 0.384 e. The lowest BCUT2D eigenvalue weighted by Crippen LogP contribution is -1.94. The first-order chi connectivity index (χ1) is 6.63. The molecule has 1 rings (SSSR count). The lowest BCUT2D eigenvalue weighted by atomic mass is 10.3. The van der Waals surface area contributed by atoms with Gasteiger partial charge in [-0.3, -0.25) is 0 Å². The number of aromatic nitrogens is 1. The molecule has 0 atom stereocenters. The molecular formula is C9H5BrClNO2. The summed E-state index contributed by atoms with van der Waals surface area (Å²) in [5.41, 5.74) is 0.593. The molecule has 5 heteroatoms. The van der Waals surface area contributed by atoms with E-state index in [2.05, 4.69) is 37.5 Å². The van der Waals surface area contributed by atoms with E-state index in [4.69, 9.17) is 11.6 Å². The number of nitrogens with zero attached hydrogens (tertiary/aromatic N) is 1. The number of carbonyl (C=O) groups is 1. The van der Waals surface area contributed by atoms with Gasteiger partial charge < -0.3 is 4.74 Å². The highest BCUT2D eigenvalue weighted by Crippen LogP contribution is 2.17. The average molecular weight is 275 g/mol. The Bertz CT molecular complexity index is 423. The molecule has 0 bridgehead atoms. The smallest absolute Gasteiger partial charge is 0.384 e. The van der Waals surface area contributed by atoms with Crippen LogP contribution in [0.5, 0.6) is 0 Å². The summed E-state index contributed by atoms with van der Waals surface area (Å²) < 4.78 is 5.04. The molecular weight excluding hydrogens is 269 g/mol. The summed E-state index contributed by atoms with van der Waals surface area (Å²) in [5.74, 6) is 4.30. The van der Waals surface area contributed by atoms with Gasteiger partial charge in [-0.05, 0) is 22.0 Å². The number of hydrogen-bond acceptors (Lipinski definition) is 3. The minimum atomic E-state index is -0.593. The van der Waals surface area contributed by atoms with Crippen molar-refractivity contribution in [1.82, 2.24) is 4.98 Å². The van der Waals surface area contributed by atoms with E-state index < -0.39 is 5.97 Å². The minimum Gasteiger partial charge on any atom is -0.459 e. The number of pyridine rings is 1. The highest BCUT2D eigenvalue weighted by molar-refractivity contribution is 9.10. The molecule has 0 aliphatic carbocycles. The summed E-state index contributed by atoms with van der Waals surface area (Å²) in [6.45, 7) is 0. The van der Waals surface area contributed by atoms with Crippen molar-refractivity contribution in [2.24, 2.45) is 0 Å². The van der Waals surface area contributed by atoms with Crippen molar-refractivity contribution in [2.75, 3.05) is 7.11 Å². The van der Waals surface area contributed by atoms with E-state index >= 15 is 0 Å². The Morgan fingerprint density at radius 3 is 3.07 bits per heavy atom. The van der Waals surface area contributed by atoms with Gasteiger partial charge >= 0.3 is 5.97 Å². The lowest BCUT2D eigenvalue weighted by Gasteiger charge is -1.94. The molecule has 0 aliphatic heterocycles. The van der Waals surface area contributed by atoms with Crippen LogP contribution in [0.2, 0.25) is 5.15 Å². The van der Waals surface area contributed by atoms with Gasteiger partial charge in [0.25, 0.3) is 0 Å². The highest BCUT2D eigenvalue weighted by Gasteiger charge is 1.99. The number of methoxy groups -OCH3 is 1. The normalized spacial score (nSPS) is 8.79. The molecule has 0 radical (unpaired) electrons. The predicted molar refractivity (Wildman–Crippen MR) is 55.8 cm³/mol. The molecule has 0 N–H and O–H groups in total. The third kappa shape index (κ3) is 3.02. The number of hydrogen-bond donors (Lipinski definition) is 0. The topological polar surface area (TPSA) is 39.2 Å². The van der Waals surface area contributed by atoms with Crippen LogP contribution in [0.25, 0.3) is 0 Å². The van der Waals surface area contributed by atoms with Gasteiger partial charge in [-0.1, -0.05) is 17.5 Å². The molecule has 0 amide bonds. The summed E-state index contributed by atoms with van der Waals surface area (Å²) in [6.07, 6.45) is 1.52. The fourth-order valence-corrected chi connectivity index (χ4v) is 1.15. The van der Waals surface area contributed by atoms with Crippen LogP contribution in [0, 0.1) is 11.8 Å². The molecule has 3 nitrogen and oxygen atoms in total. The zero-order chi connectivity index (χ0) is 10.6. The summed E-state index contributed by atoms with van der Waals surface area (Å²) >= 11 is 8.88. The first-order valence-electron chi connectivity index (χ1n) is 3.54. The first kappa shape index (κ1) is 11.0. The van der Waals surface area contributed by atoms with Crippen molar-refractivity contribution in [2.45, 2.75) is 0 Å².